The molecule has 1 fully saturated rings. The monoisotopic (exact) mass is 445 g/mol. The van der Waals surface area contributed by atoms with Crippen LogP contribution >= 0.6 is 0 Å². The van der Waals surface area contributed by atoms with Crippen molar-refractivity contribution in [1.82, 2.24) is 15.5 Å². The number of likely N-dealkylation sites (tertiary alicyclic amines) is 1. The Morgan fingerprint density at radius 1 is 0.781 bits per heavy atom. The lowest BCUT2D eigenvalue weighted by Gasteiger charge is -2.17. The first-order valence-electron chi connectivity index (χ1n) is 10.4. The van der Waals surface area contributed by atoms with Crippen molar-refractivity contribution in [3.8, 4) is 0 Å². The molecule has 0 unspecified atom stereocenters. The van der Waals surface area contributed by atoms with Gasteiger partial charge in [-0.05, 0) is 48.2 Å². The Bertz CT molecular complexity index is 879. The first-order chi connectivity index (χ1) is 15.3. The molecule has 2 aromatic carbocycles. The van der Waals surface area contributed by atoms with E-state index in [1.165, 1.54) is 24.3 Å². The van der Waals surface area contributed by atoms with Gasteiger partial charge in [0, 0.05) is 26.2 Å². The average molecular weight is 445 g/mol. The standard InChI is InChI=1S/C23H25F2N3O4/c24-17-5-1-15(2-6-17)9-11-26-21(29)19-13-28(23(31)32)14-20(19)22(30)27-12-10-16-3-7-18(25)8-4-16/h1-8,19-20H,9-14H2,(H,26,29)(H,27,30)(H,31,32)/t19-,20-/m0/s1. The summed E-state index contributed by atoms with van der Waals surface area (Å²) in [6, 6.07) is 11.9. The molecule has 0 spiro atoms. The van der Waals surface area contributed by atoms with E-state index in [0.717, 1.165) is 16.0 Å². The molecule has 2 aromatic rings. The van der Waals surface area contributed by atoms with E-state index < -0.39 is 29.7 Å². The van der Waals surface area contributed by atoms with E-state index in [9.17, 15) is 28.3 Å². The molecule has 3 rings (SSSR count). The summed E-state index contributed by atoms with van der Waals surface area (Å²) in [5.41, 5.74) is 1.70. The van der Waals surface area contributed by atoms with Gasteiger partial charge in [0.1, 0.15) is 11.6 Å². The molecule has 0 saturated carbocycles. The summed E-state index contributed by atoms with van der Waals surface area (Å²) in [6.07, 6.45) is -0.220. The van der Waals surface area contributed by atoms with Gasteiger partial charge in [0.05, 0.1) is 11.8 Å². The minimum Gasteiger partial charge on any atom is -0.465 e. The van der Waals surface area contributed by atoms with Crippen LogP contribution in [0.15, 0.2) is 48.5 Å². The average Bonchev–Trinajstić information content (AvgIpc) is 3.22. The van der Waals surface area contributed by atoms with E-state index in [2.05, 4.69) is 10.6 Å². The van der Waals surface area contributed by atoms with Gasteiger partial charge in [-0.1, -0.05) is 24.3 Å². The highest BCUT2D eigenvalue weighted by atomic mass is 19.1. The first-order valence-corrected chi connectivity index (χ1v) is 10.4. The van der Waals surface area contributed by atoms with Crippen LogP contribution in [0, 0.1) is 23.5 Å². The van der Waals surface area contributed by atoms with Gasteiger partial charge in [0.25, 0.3) is 0 Å². The number of hydrogen-bond acceptors (Lipinski definition) is 3. The number of nitrogens with one attached hydrogen (secondary N) is 2. The normalized spacial score (nSPS) is 17.8. The number of carbonyl (C=O) groups is 3. The van der Waals surface area contributed by atoms with Crippen molar-refractivity contribution < 1.29 is 28.3 Å². The summed E-state index contributed by atoms with van der Waals surface area (Å²) in [4.78, 5) is 37.8. The Morgan fingerprint density at radius 2 is 1.16 bits per heavy atom. The van der Waals surface area contributed by atoms with Crippen molar-refractivity contribution in [2.75, 3.05) is 26.2 Å². The third-order valence-corrected chi connectivity index (χ3v) is 5.52. The summed E-state index contributed by atoms with van der Waals surface area (Å²) in [7, 11) is 0. The van der Waals surface area contributed by atoms with E-state index in [4.69, 9.17) is 0 Å². The number of halogens is 2. The topological polar surface area (TPSA) is 98.7 Å². The molecule has 0 aromatic heterocycles. The van der Waals surface area contributed by atoms with Crippen LogP contribution in [0.3, 0.4) is 0 Å². The van der Waals surface area contributed by atoms with Crippen LogP contribution in [0.2, 0.25) is 0 Å². The lowest BCUT2D eigenvalue weighted by molar-refractivity contribution is -0.132. The molecule has 32 heavy (non-hydrogen) atoms. The third-order valence-electron chi connectivity index (χ3n) is 5.52. The second-order valence-electron chi connectivity index (χ2n) is 7.74. The second kappa shape index (κ2) is 10.7. The largest absolute Gasteiger partial charge is 0.465 e. The van der Waals surface area contributed by atoms with Gasteiger partial charge in [-0.15, -0.1) is 0 Å². The molecular formula is C23H25F2N3O4. The predicted molar refractivity (Wildman–Crippen MR) is 113 cm³/mol. The second-order valence-corrected chi connectivity index (χ2v) is 7.74. The highest BCUT2D eigenvalue weighted by molar-refractivity contribution is 5.89. The summed E-state index contributed by atoms with van der Waals surface area (Å²) in [5, 5.41) is 14.8. The zero-order valence-electron chi connectivity index (χ0n) is 17.4. The van der Waals surface area contributed by atoms with Crippen molar-refractivity contribution in [3.63, 3.8) is 0 Å². The Labute approximate surface area is 184 Å². The maximum atomic E-state index is 13.0. The number of hydrogen-bond donors (Lipinski definition) is 3. The van der Waals surface area contributed by atoms with E-state index >= 15 is 0 Å². The summed E-state index contributed by atoms with van der Waals surface area (Å²) in [5.74, 6) is -3.07. The van der Waals surface area contributed by atoms with Crippen LogP contribution in [0.1, 0.15) is 11.1 Å². The molecule has 1 aliphatic rings. The van der Waals surface area contributed by atoms with Gasteiger partial charge in [-0.25, -0.2) is 13.6 Å². The Hall–Kier alpha value is -3.49. The minimum absolute atomic E-state index is 0.0617. The van der Waals surface area contributed by atoms with Gasteiger partial charge < -0.3 is 20.6 Å². The molecule has 170 valence electrons. The molecule has 2 atom stereocenters. The quantitative estimate of drug-likeness (QED) is 0.580. The van der Waals surface area contributed by atoms with Crippen LogP contribution in [-0.4, -0.2) is 54.1 Å². The molecule has 7 nitrogen and oxygen atoms in total. The molecule has 9 heteroatoms. The number of nitrogens with zero attached hydrogens (tertiary/aromatic N) is 1. The van der Waals surface area contributed by atoms with Crippen molar-refractivity contribution >= 4 is 17.9 Å². The minimum atomic E-state index is -1.18. The Kier molecular flexibility index (Phi) is 7.75. The maximum Gasteiger partial charge on any atom is 0.407 e. The van der Waals surface area contributed by atoms with Crippen molar-refractivity contribution in [1.29, 1.82) is 0 Å². The maximum absolute atomic E-state index is 13.0. The number of carboxylic acid groups (broad SMARTS) is 1. The van der Waals surface area contributed by atoms with Crippen molar-refractivity contribution in [2.24, 2.45) is 11.8 Å². The fraction of sp³-hybridized carbons (Fsp3) is 0.348. The molecule has 1 heterocycles. The number of rotatable bonds is 8. The van der Waals surface area contributed by atoms with Crippen molar-refractivity contribution in [3.05, 3.63) is 71.3 Å². The summed E-state index contributed by atoms with van der Waals surface area (Å²) >= 11 is 0. The van der Waals surface area contributed by atoms with E-state index in [-0.39, 0.29) is 37.8 Å². The molecule has 1 aliphatic heterocycles. The highest BCUT2D eigenvalue weighted by Gasteiger charge is 2.43. The zero-order valence-corrected chi connectivity index (χ0v) is 17.4. The van der Waals surface area contributed by atoms with E-state index in [0.29, 0.717) is 12.8 Å². The highest BCUT2D eigenvalue weighted by Crippen LogP contribution is 2.24. The number of carbonyl (C=O) groups excluding carboxylic acids is 2. The fourth-order valence-corrected chi connectivity index (χ4v) is 3.72. The molecule has 3 amide bonds. The van der Waals surface area contributed by atoms with Crippen molar-refractivity contribution in [2.45, 2.75) is 12.8 Å². The lowest BCUT2D eigenvalue weighted by Crippen LogP contribution is -2.42. The SMILES string of the molecule is O=C(NCCc1ccc(F)cc1)[C@H]1CN(C(=O)O)C[C@@H]1C(=O)NCCc1ccc(F)cc1. The van der Waals surface area contributed by atoms with Crippen LogP contribution < -0.4 is 10.6 Å². The number of benzene rings is 2. The fourth-order valence-electron chi connectivity index (χ4n) is 3.72. The smallest absolute Gasteiger partial charge is 0.407 e. The van der Waals surface area contributed by atoms with Crippen LogP contribution in [0.25, 0.3) is 0 Å². The zero-order chi connectivity index (χ0) is 23.1. The van der Waals surface area contributed by atoms with E-state index in [1.54, 1.807) is 24.3 Å². The molecule has 0 aliphatic carbocycles. The summed E-state index contributed by atoms with van der Waals surface area (Å²) in [6.45, 7) is 0.446. The third kappa shape index (κ3) is 6.26. The van der Waals surface area contributed by atoms with Gasteiger partial charge in [-0.3, -0.25) is 9.59 Å². The molecular weight excluding hydrogens is 420 g/mol. The molecule has 1 saturated heterocycles. The van der Waals surface area contributed by atoms with Gasteiger partial charge in [0.2, 0.25) is 11.8 Å². The first kappa shape index (κ1) is 23.2. The Balaban J connectivity index is 1.53. The predicted octanol–water partition coefficient (Wildman–Crippen LogP) is 2.21. The Morgan fingerprint density at radius 3 is 1.50 bits per heavy atom. The van der Waals surface area contributed by atoms with Gasteiger partial charge >= 0.3 is 6.09 Å². The summed E-state index contributed by atoms with van der Waals surface area (Å²) < 4.78 is 26.0. The number of amides is 3. The van der Waals surface area contributed by atoms with Gasteiger partial charge in [-0.2, -0.15) is 0 Å². The van der Waals surface area contributed by atoms with Gasteiger partial charge in [0.15, 0.2) is 0 Å². The molecule has 0 bridgehead atoms. The molecule has 0 radical (unpaired) electrons. The van der Waals surface area contributed by atoms with Crippen LogP contribution in [-0.2, 0) is 22.4 Å². The van der Waals surface area contributed by atoms with Crippen LogP contribution in [0.4, 0.5) is 13.6 Å². The van der Waals surface area contributed by atoms with Crippen LogP contribution in [0.5, 0.6) is 0 Å². The lowest BCUT2D eigenvalue weighted by atomic mass is 9.94. The molecule has 3 N–H and O–H groups in total. The van der Waals surface area contributed by atoms with E-state index in [1.807, 2.05) is 0 Å².